The van der Waals surface area contributed by atoms with Gasteiger partial charge in [0.15, 0.2) is 4.34 Å². The van der Waals surface area contributed by atoms with Crippen LogP contribution >= 0.6 is 23.1 Å². The first kappa shape index (κ1) is 14.4. The molecule has 0 aliphatic rings. The lowest BCUT2D eigenvalue weighted by atomic mass is 10.1. The molecule has 0 radical (unpaired) electrons. The number of methoxy groups -OCH3 is 1. The van der Waals surface area contributed by atoms with Crippen LogP contribution in [0.15, 0.2) is 52.9 Å². The summed E-state index contributed by atoms with van der Waals surface area (Å²) in [6.45, 7) is 0. The van der Waals surface area contributed by atoms with Crippen LogP contribution in [0.3, 0.4) is 0 Å². The number of thioether (sulfide) groups is 1. The smallest absolute Gasteiger partial charge is 0.151 e. The number of aromatic nitrogens is 1. The molecule has 3 rings (SSSR count). The lowest BCUT2D eigenvalue weighted by Gasteiger charge is -2.11. The summed E-state index contributed by atoms with van der Waals surface area (Å²) >= 11 is 3.42. The van der Waals surface area contributed by atoms with Crippen molar-refractivity contribution in [3.8, 4) is 5.75 Å². The second-order valence-electron chi connectivity index (χ2n) is 4.64. The van der Waals surface area contributed by atoms with Gasteiger partial charge in [-0.25, -0.2) is 4.98 Å². The van der Waals surface area contributed by atoms with Crippen LogP contribution < -0.4 is 10.5 Å². The van der Waals surface area contributed by atoms with E-state index in [1.54, 1.807) is 30.2 Å². The molecule has 0 aliphatic heterocycles. The van der Waals surface area contributed by atoms with Crippen molar-refractivity contribution in [1.29, 1.82) is 0 Å². The Labute approximate surface area is 132 Å². The highest BCUT2D eigenvalue weighted by atomic mass is 32.2. The number of thiazole rings is 1. The number of rotatable bonds is 5. The normalized spacial score (nSPS) is 12.5. The molecule has 0 saturated heterocycles. The average molecular weight is 316 g/mol. The number of nitrogens with zero attached hydrogens (tertiary/aromatic N) is 1. The monoisotopic (exact) mass is 316 g/mol. The zero-order valence-electron chi connectivity index (χ0n) is 11.7. The zero-order valence-corrected chi connectivity index (χ0v) is 13.3. The molecule has 21 heavy (non-hydrogen) atoms. The first-order chi connectivity index (χ1) is 10.3. The van der Waals surface area contributed by atoms with Gasteiger partial charge in [-0.2, -0.15) is 0 Å². The first-order valence-corrected chi connectivity index (χ1v) is 8.44. The van der Waals surface area contributed by atoms with E-state index >= 15 is 0 Å². The zero-order chi connectivity index (χ0) is 14.7. The minimum absolute atomic E-state index is 0.0305. The molecule has 0 spiro atoms. The Hall–Kier alpha value is -1.56. The summed E-state index contributed by atoms with van der Waals surface area (Å²) < 4.78 is 7.52. The molecule has 1 heterocycles. The Morgan fingerprint density at radius 1 is 1.24 bits per heavy atom. The lowest BCUT2D eigenvalue weighted by Crippen LogP contribution is -2.12. The van der Waals surface area contributed by atoms with Crippen molar-refractivity contribution in [3.63, 3.8) is 0 Å². The van der Waals surface area contributed by atoms with Gasteiger partial charge < -0.3 is 10.5 Å². The van der Waals surface area contributed by atoms with Gasteiger partial charge in [0.1, 0.15) is 5.75 Å². The van der Waals surface area contributed by atoms with Crippen LogP contribution in [0.1, 0.15) is 11.6 Å². The van der Waals surface area contributed by atoms with Gasteiger partial charge in [0, 0.05) is 11.8 Å². The predicted molar refractivity (Wildman–Crippen MR) is 90.3 cm³/mol. The maximum Gasteiger partial charge on any atom is 0.151 e. The molecular weight excluding hydrogens is 300 g/mol. The number of para-hydroxylation sites is 1. The highest BCUT2D eigenvalue weighted by Crippen LogP contribution is 2.31. The summed E-state index contributed by atoms with van der Waals surface area (Å²) in [7, 11) is 1.67. The largest absolute Gasteiger partial charge is 0.497 e. The van der Waals surface area contributed by atoms with Crippen molar-refractivity contribution in [1.82, 2.24) is 4.98 Å². The topological polar surface area (TPSA) is 48.1 Å². The quantitative estimate of drug-likeness (QED) is 0.720. The highest BCUT2D eigenvalue weighted by molar-refractivity contribution is 8.01. The molecule has 1 aromatic heterocycles. The van der Waals surface area contributed by atoms with Crippen molar-refractivity contribution >= 4 is 33.3 Å². The number of hydrogen-bond donors (Lipinski definition) is 1. The molecule has 108 valence electrons. The third-order valence-corrected chi connectivity index (χ3v) is 5.48. The van der Waals surface area contributed by atoms with Crippen LogP contribution in [-0.4, -0.2) is 17.8 Å². The molecule has 0 saturated carbocycles. The summed E-state index contributed by atoms with van der Waals surface area (Å²) in [5, 5.41) is 0. The molecule has 0 amide bonds. The van der Waals surface area contributed by atoms with E-state index in [1.165, 1.54) is 4.70 Å². The van der Waals surface area contributed by atoms with Crippen molar-refractivity contribution in [2.75, 3.05) is 12.9 Å². The highest BCUT2D eigenvalue weighted by Gasteiger charge is 2.10. The number of ether oxygens (including phenoxy) is 1. The SMILES string of the molecule is COc1cccc(C(N)CSc2nc3ccccc3s2)c1. The molecule has 3 nitrogen and oxygen atoms in total. The van der Waals surface area contributed by atoms with Crippen molar-refractivity contribution < 1.29 is 4.74 Å². The van der Waals surface area contributed by atoms with Gasteiger partial charge in [-0.05, 0) is 29.8 Å². The summed E-state index contributed by atoms with van der Waals surface area (Å²) in [4.78, 5) is 4.61. The van der Waals surface area contributed by atoms with E-state index < -0.39 is 0 Å². The van der Waals surface area contributed by atoms with E-state index in [0.717, 1.165) is 26.9 Å². The van der Waals surface area contributed by atoms with Gasteiger partial charge in [0.2, 0.25) is 0 Å². The van der Waals surface area contributed by atoms with Crippen LogP contribution in [0, 0.1) is 0 Å². The minimum atomic E-state index is -0.0305. The summed E-state index contributed by atoms with van der Waals surface area (Å²) in [5.74, 6) is 1.64. The minimum Gasteiger partial charge on any atom is -0.497 e. The molecule has 5 heteroatoms. The second-order valence-corrected chi connectivity index (χ2v) is 6.94. The van der Waals surface area contributed by atoms with Crippen LogP contribution in [0.2, 0.25) is 0 Å². The fraction of sp³-hybridized carbons (Fsp3) is 0.188. The molecular formula is C16H16N2OS2. The van der Waals surface area contributed by atoms with E-state index in [9.17, 15) is 0 Å². The maximum atomic E-state index is 6.26. The molecule has 0 fully saturated rings. The standard InChI is InChI=1S/C16H16N2OS2/c1-19-12-6-4-5-11(9-12)13(17)10-20-16-18-14-7-2-3-8-15(14)21-16/h2-9,13H,10,17H2,1H3. The fourth-order valence-corrected chi connectivity index (χ4v) is 4.13. The van der Waals surface area contributed by atoms with Crippen molar-refractivity contribution in [2.24, 2.45) is 5.73 Å². The van der Waals surface area contributed by atoms with E-state index in [1.807, 2.05) is 42.5 Å². The first-order valence-electron chi connectivity index (χ1n) is 6.64. The van der Waals surface area contributed by atoms with Crippen LogP contribution in [0.25, 0.3) is 10.2 Å². The third-order valence-electron chi connectivity index (χ3n) is 3.18. The number of nitrogens with two attached hydrogens (primary N) is 1. The van der Waals surface area contributed by atoms with E-state index in [4.69, 9.17) is 10.5 Å². The van der Waals surface area contributed by atoms with Gasteiger partial charge in [-0.3, -0.25) is 0 Å². The van der Waals surface area contributed by atoms with Gasteiger partial charge in [-0.1, -0.05) is 36.0 Å². The van der Waals surface area contributed by atoms with Crippen LogP contribution in [0.4, 0.5) is 0 Å². The Balaban J connectivity index is 1.68. The Bertz CT molecular complexity index is 709. The summed E-state index contributed by atoms with van der Waals surface area (Å²) in [6, 6.07) is 16.1. The van der Waals surface area contributed by atoms with E-state index in [-0.39, 0.29) is 6.04 Å². The van der Waals surface area contributed by atoms with Crippen LogP contribution in [-0.2, 0) is 0 Å². The number of hydrogen-bond acceptors (Lipinski definition) is 5. The average Bonchev–Trinajstić information content (AvgIpc) is 2.95. The number of fused-ring (bicyclic) bond motifs is 1. The Kier molecular flexibility index (Phi) is 4.43. The molecule has 3 aromatic rings. The van der Waals surface area contributed by atoms with Crippen LogP contribution in [0.5, 0.6) is 5.75 Å². The summed E-state index contributed by atoms with van der Waals surface area (Å²) in [6.07, 6.45) is 0. The predicted octanol–water partition coefficient (Wildman–Crippen LogP) is 4.10. The molecule has 1 atom stereocenters. The Morgan fingerprint density at radius 2 is 2.10 bits per heavy atom. The third kappa shape index (κ3) is 3.37. The van der Waals surface area contributed by atoms with Crippen molar-refractivity contribution in [2.45, 2.75) is 10.4 Å². The fourth-order valence-electron chi connectivity index (χ4n) is 2.04. The summed E-state index contributed by atoms with van der Waals surface area (Å²) in [5.41, 5.74) is 8.40. The molecule has 2 aromatic carbocycles. The van der Waals surface area contributed by atoms with E-state index in [2.05, 4.69) is 11.1 Å². The van der Waals surface area contributed by atoms with Gasteiger partial charge in [0.25, 0.3) is 0 Å². The van der Waals surface area contributed by atoms with Crippen molar-refractivity contribution in [3.05, 3.63) is 54.1 Å². The molecule has 1 unspecified atom stereocenters. The van der Waals surface area contributed by atoms with Gasteiger partial charge in [-0.15, -0.1) is 11.3 Å². The van der Waals surface area contributed by atoms with Gasteiger partial charge >= 0.3 is 0 Å². The Morgan fingerprint density at radius 3 is 2.90 bits per heavy atom. The second kappa shape index (κ2) is 6.47. The maximum absolute atomic E-state index is 6.26. The molecule has 0 aliphatic carbocycles. The molecule has 0 bridgehead atoms. The van der Waals surface area contributed by atoms with E-state index in [0.29, 0.717) is 0 Å². The van der Waals surface area contributed by atoms with Gasteiger partial charge in [0.05, 0.1) is 17.3 Å². The number of benzene rings is 2. The molecule has 2 N–H and O–H groups in total. The lowest BCUT2D eigenvalue weighted by molar-refractivity contribution is 0.414.